The minimum Gasteiger partial charge on any atom is -0.308 e. The SMILES string of the molecule is CN1CCN(CCc2nc(CNC3CC3)cs2)CC1. The topological polar surface area (TPSA) is 31.4 Å². The van der Waals surface area contributed by atoms with Gasteiger partial charge >= 0.3 is 0 Å². The Morgan fingerprint density at radius 1 is 1.32 bits per heavy atom. The Morgan fingerprint density at radius 3 is 2.84 bits per heavy atom. The molecule has 19 heavy (non-hydrogen) atoms. The summed E-state index contributed by atoms with van der Waals surface area (Å²) in [7, 11) is 2.21. The van der Waals surface area contributed by atoms with Gasteiger partial charge in [0.2, 0.25) is 0 Å². The van der Waals surface area contributed by atoms with Crippen molar-refractivity contribution in [3.05, 3.63) is 16.1 Å². The van der Waals surface area contributed by atoms with Crippen molar-refractivity contribution in [2.24, 2.45) is 0 Å². The lowest BCUT2D eigenvalue weighted by Gasteiger charge is -2.32. The predicted octanol–water partition coefficient (Wildman–Crippen LogP) is 1.18. The maximum atomic E-state index is 4.73. The van der Waals surface area contributed by atoms with Crippen LogP contribution >= 0.6 is 11.3 Å². The summed E-state index contributed by atoms with van der Waals surface area (Å²) in [5.74, 6) is 0. The van der Waals surface area contributed by atoms with E-state index in [4.69, 9.17) is 4.98 Å². The maximum absolute atomic E-state index is 4.73. The molecular weight excluding hydrogens is 256 g/mol. The molecule has 2 aliphatic rings. The number of rotatable bonds is 6. The zero-order chi connectivity index (χ0) is 13.1. The number of thiazole rings is 1. The van der Waals surface area contributed by atoms with Crippen LogP contribution in [0.4, 0.5) is 0 Å². The van der Waals surface area contributed by atoms with Gasteiger partial charge in [-0.05, 0) is 19.9 Å². The minimum absolute atomic E-state index is 0.774. The van der Waals surface area contributed by atoms with Crippen molar-refractivity contribution in [1.29, 1.82) is 0 Å². The van der Waals surface area contributed by atoms with Crippen LogP contribution in [0.25, 0.3) is 0 Å². The van der Waals surface area contributed by atoms with Crippen molar-refractivity contribution in [2.75, 3.05) is 39.8 Å². The van der Waals surface area contributed by atoms with Gasteiger partial charge in [-0.3, -0.25) is 0 Å². The Bertz CT molecular complexity index is 394. The van der Waals surface area contributed by atoms with Crippen LogP contribution in [0.3, 0.4) is 0 Å². The number of piperazine rings is 1. The van der Waals surface area contributed by atoms with Crippen LogP contribution in [0.5, 0.6) is 0 Å². The highest BCUT2D eigenvalue weighted by molar-refractivity contribution is 7.09. The first-order valence-corrected chi connectivity index (χ1v) is 8.25. The molecule has 0 radical (unpaired) electrons. The fourth-order valence-corrected chi connectivity index (χ4v) is 3.19. The molecule has 1 saturated heterocycles. The van der Waals surface area contributed by atoms with Gasteiger partial charge in [-0.2, -0.15) is 0 Å². The molecule has 1 aromatic rings. The molecule has 0 amide bonds. The van der Waals surface area contributed by atoms with Crippen LogP contribution < -0.4 is 5.32 Å². The molecule has 0 spiro atoms. The summed E-state index contributed by atoms with van der Waals surface area (Å²) >= 11 is 1.82. The predicted molar refractivity (Wildman–Crippen MR) is 79.6 cm³/mol. The monoisotopic (exact) mass is 280 g/mol. The molecule has 0 unspecified atom stereocenters. The van der Waals surface area contributed by atoms with Gasteiger partial charge in [0.1, 0.15) is 0 Å². The van der Waals surface area contributed by atoms with Gasteiger partial charge in [0.15, 0.2) is 0 Å². The lowest BCUT2D eigenvalue weighted by molar-refractivity contribution is 0.155. The largest absolute Gasteiger partial charge is 0.308 e. The van der Waals surface area contributed by atoms with Gasteiger partial charge in [0.05, 0.1) is 10.7 Å². The van der Waals surface area contributed by atoms with Crippen LogP contribution in [0.15, 0.2) is 5.38 Å². The summed E-state index contributed by atoms with van der Waals surface area (Å²) in [6, 6.07) is 0.774. The third-order valence-electron chi connectivity index (χ3n) is 3.99. The Hall–Kier alpha value is -0.490. The average molecular weight is 280 g/mol. The molecule has 2 fully saturated rings. The molecule has 2 heterocycles. The molecule has 3 rings (SSSR count). The fourth-order valence-electron chi connectivity index (χ4n) is 2.41. The smallest absolute Gasteiger partial charge is 0.0941 e. The summed E-state index contributed by atoms with van der Waals surface area (Å²) in [5, 5.41) is 7.04. The van der Waals surface area contributed by atoms with Crippen LogP contribution in [0.1, 0.15) is 23.5 Å². The number of hydrogen-bond donors (Lipinski definition) is 1. The third kappa shape index (κ3) is 4.24. The summed E-state index contributed by atoms with van der Waals surface area (Å²) in [4.78, 5) is 9.69. The first-order valence-electron chi connectivity index (χ1n) is 7.37. The molecule has 0 atom stereocenters. The molecule has 106 valence electrons. The second-order valence-electron chi connectivity index (χ2n) is 5.78. The minimum atomic E-state index is 0.774. The van der Waals surface area contributed by atoms with Crippen molar-refractivity contribution in [3.8, 4) is 0 Å². The summed E-state index contributed by atoms with van der Waals surface area (Å²) < 4.78 is 0. The van der Waals surface area contributed by atoms with Crippen LogP contribution in [0.2, 0.25) is 0 Å². The molecule has 1 aliphatic carbocycles. The number of nitrogens with zero attached hydrogens (tertiary/aromatic N) is 3. The Balaban J connectivity index is 1.39. The van der Waals surface area contributed by atoms with Crippen molar-refractivity contribution >= 4 is 11.3 Å². The van der Waals surface area contributed by atoms with E-state index in [1.54, 1.807) is 0 Å². The van der Waals surface area contributed by atoms with Crippen molar-refractivity contribution in [2.45, 2.75) is 31.8 Å². The summed E-state index contributed by atoms with van der Waals surface area (Å²) in [6.45, 7) is 6.94. The number of aromatic nitrogens is 1. The molecule has 0 bridgehead atoms. The number of hydrogen-bond acceptors (Lipinski definition) is 5. The molecule has 5 heteroatoms. The lowest BCUT2D eigenvalue weighted by Crippen LogP contribution is -2.45. The van der Waals surface area contributed by atoms with Gasteiger partial charge in [0, 0.05) is 57.1 Å². The fraction of sp³-hybridized carbons (Fsp3) is 0.786. The highest BCUT2D eigenvalue weighted by Crippen LogP contribution is 2.19. The quantitative estimate of drug-likeness (QED) is 0.848. The molecule has 0 aromatic carbocycles. The normalized spacial score (nSPS) is 21.9. The number of likely N-dealkylation sites (N-methyl/N-ethyl adjacent to an activating group) is 1. The van der Waals surface area contributed by atoms with E-state index in [9.17, 15) is 0 Å². The molecule has 1 saturated carbocycles. The molecule has 1 N–H and O–H groups in total. The number of nitrogens with one attached hydrogen (secondary N) is 1. The second kappa shape index (κ2) is 6.31. The highest BCUT2D eigenvalue weighted by atomic mass is 32.1. The molecule has 4 nitrogen and oxygen atoms in total. The highest BCUT2D eigenvalue weighted by Gasteiger charge is 2.20. The zero-order valence-electron chi connectivity index (χ0n) is 11.8. The average Bonchev–Trinajstić information content (AvgIpc) is 3.15. The van der Waals surface area contributed by atoms with Gasteiger partial charge in [-0.1, -0.05) is 0 Å². The van der Waals surface area contributed by atoms with E-state index in [-0.39, 0.29) is 0 Å². The van der Waals surface area contributed by atoms with Gasteiger partial charge in [-0.15, -0.1) is 11.3 Å². The van der Waals surface area contributed by atoms with Crippen molar-refractivity contribution in [1.82, 2.24) is 20.1 Å². The van der Waals surface area contributed by atoms with E-state index in [1.165, 1.54) is 49.7 Å². The van der Waals surface area contributed by atoms with E-state index < -0.39 is 0 Å². The maximum Gasteiger partial charge on any atom is 0.0941 e. The van der Waals surface area contributed by atoms with Gasteiger partial charge in [0.25, 0.3) is 0 Å². The Labute approximate surface area is 119 Å². The van der Waals surface area contributed by atoms with Crippen LogP contribution in [-0.2, 0) is 13.0 Å². The lowest BCUT2D eigenvalue weighted by atomic mass is 10.3. The zero-order valence-corrected chi connectivity index (χ0v) is 12.6. The van der Waals surface area contributed by atoms with Crippen LogP contribution in [-0.4, -0.2) is 60.6 Å². The third-order valence-corrected chi connectivity index (χ3v) is 4.94. The van der Waals surface area contributed by atoms with Gasteiger partial charge in [-0.25, -0.2) is 4.98 Å². The molecule has 1 aliphatic heterocycles. The Kier molecular flexibility index (Phi) is 4.48. The van der Waals surface area contributed by atoms with E-state index in [0.717, 1.165) is 25.6 Å². The van der Waals surface area contributed by atoms with E-state index in [0.29, 0.717) is 0 Å². The molecular formula is C14H24N4S. The van der Waals surface area contributed by atoms with Crippen molar-refractivity contribution < 1.29 is 0 Å². The van der Waals surface area contributed by atoms with E-state index >= 15 is 0 Å². The Morgan fingerprint density at radius 2 is 2.11 bits per heavy atom. The summed E-state index contributed by atoms with van der Waals surface area (Å²) in [6.07, 6.45) is 3.80. The first kappa shape index (κ1) is 13.5. The van der Waals surface area contributed by atoms with E-state index in [1.807, 2.05) is 11.3 Å². The summed E-state index contributed by atoms with van der Waals surface area (Å²) in [5.41, 5.74) is 1.23. The second-order valence-corrected chi connectivity index (χ2v) is 6.73. The van der Waals surface area contributed by atoms with Crippen molar-refractivity contribution in [3.63, 3.8) is 0 Å². The first-order chi connectivity index (χ1) is 9.29. The standard InChI is InChI=1S/C14H24N4S/c1-17-6-8-18(9-7-17)5-4-14-16-13(11-19-14)10-15-12-2-3-12/h11-12,15H,2-10H2,1H3. The van der Waals surface area contributed by atoms with E-state index in [2.05, 4.69) is 27.5 Å². The van der Waals surface area contributed by atoms with Crippen LogP contribution in [0, 0.1) is 0 Å². The molecule has 1 aromatic heterocycles. The van der Waals surface area contributed by atoms with Gasteiger partial charge < -0.3 is 15.1 Å².